The number of nitro benzene ring substituents is 1. The maximum absolute atomic E-state index is 11.2. The van der Waals surface area contributed by atoms with Gasteiger partial charge in [-0.3, -0.25) is 10.1 Å². The highest BCUT2D eigenvalue weighted by Crippen LogP contribution is 2.35. The van der Waals surface area contributed by atoms with E-state index in [-0.39, 0.29) is 12.1 Å². The lowest BCUT2D eigenvalue weighted by molar-refractivity contribution is -0.384. The molecule has 122 valence electrons. The lowest BCUT2D eigenvalue weighted by Gasteiger charge is -2.18. The number of aromatic amines is 1. The molecule has 0 saturated carbocycles. The van der Waals surface area contributed by atoms with Gasteiger partial charge in [0.2, 0.25) is 0 Å². The summed E-state index contributed by atoms with van der Waals surface area (Å²) in [5.74, 6) is -1.73. The SMILES string of the molecule is O=C([O-])C[C@@H](c1cccc(Cl)c1)c1c[nH]c2ccc([N+](=O)[O-])cc12. The Balaban J connectivity index is 2.17. The van der Waals surface area contributed by atoms with Gasteiger partial charge in [0.05, 0.1) is 4.92 Å². The van der Waals surface area contributed by atoms with Gasteiger partial charge in [0.15, 0.2) is 0 Å². The molecule has 6 nitrogen and oxygen atoms in total. The fourth-order valence-corrected chi connectivity index (χ4v) is 3.03. The minimum Gasteiger partial charge on any atom is -0.550 e. The molecular formula is C17H12ClN2O4-. The number of aromatic nitrogens is 1. The van der Waals surface area contributed by atoms with Crippen molar-refractivity contribution in [3.05, 3.63) is 74.9 Å². The molecule has 3 aromatic rings. The van der Waals surface area contributed by atoms with Gasteiger partial charge in [-0.05, 0) is 35.7 Å². The number of carbonyl (C=O) groups excluding carboxylic acids is 1. The van der Waals surface area contributed by atoms with Crippen LogP contribution in [-0.2, 0) is 4.79 Å². The number of fused-ring (bicyclic) bond motifs is 1. The van der Waals surface area contributed by atoms with E-state index >= 15 is 0 Å². The van der Waals surface area contributed by atoms with Gasteiger partial charge < -0.3 is 14.9 Å². The van der Waals surface area contributed by atoms with E-state index in [1.165, 1.54) is 12.1 Å². The molecule has 1 heterocycles. The Kier molecular flexibility index (Phi) is 4.22. The van der Waals surface area contributed by atoms with Crippen LogP contribution < -0.4 is 5.11 Å². The number of non-ortho nitro benzene ring substituents is 1. The normalized spacial score (nSPS) is 12.2. The molecule has 24 heavy (non-hydrogen) atoms. The van der Waals surface area contributed by atoms with Crippen molar-refractivity contribution in [2.24, 2.45) is 0 Å². The average Bonchev–Trinajstić information content (AvgIpc) is 2.95. The lowest BCUT2D eigenvalue weighted by Crippen LogP contribution is -2.24. The number of H-pyrrole nitrogens is 1. The molecule has 0 spiro atoms. The summed E-state index contributed by atoms with van der Waals surface area (Å²) in [6.45, 7) is 0. The van der Waals surface area contributed by atoms with Crippen LogP contribution >= 0.6 is 11.6 Å². The predicted molar refractivity (Wildman–Crippen MR) is 87.9 cm³/mol. The number of rotatable bonds is 5. The summed E-state index contributed by atoms with van der Waals surface area (Å²) in [6, 6.07) is 11.3. The van der Waals surface area contributed by atoms with Gasteiger partial charge in [0, 0.05) is 46.1 Å². The molecule has 0 aliphatic rings. The van der Waals surface area contributed by atoms with Gasteiger partial charge in [-0.25, -0.2) is 0 Å². The van der Waals surface area contributed by atoms with Crippen molar-refractivity contribution >= 4 is 34.2 Å². The first-order valence-corrected chi connectivity index (χ1v) is 7.54. The maximum Gasteiger partial charge on any atom is 0.270 e. The standard InChI is InChI=1S/C17H13ClN2O4/c18-11-3-1-2-10(6-11)13(8-17(21)22)15-9-19-16-5-4-12(20(23)24)7-14(15)16/h1-7,9,13,19H,8H2,(H,21,22)/p-1/t13-/m0/s1. The summed E-state index contributed by atoms with van der Waals surface area (Å²) < 4.78 is 0. The summed E-state index contributed by atoms with van der Waals surface area (Å²) in [7, 11) is 0. The molecular weight excluding hydrogens is 332 g/mol. The zero-order valence-electron chi connectivity index (χ0n) is 12.4. The number of benzene rings is 2. The number of hydrogen-bond acceptors (Lipinski definition) is 4. The van der Waals surface area contributed by atoms with Crippen LogP contribution in [0.25, 0.3) is 10.9 Å². The van der Waals surface area contributed by atoms with Crippen LogP contribution in [0.3, 0.4) is 0 Å². The summed E-state index contributed by atoms with van der Waals surface area (Å²) in [5.41, 5.74) is 2.00. The van der Waals surface area contributed by atoms with Gasteiger partial charge >= 0.3 is 0 Å². The van der Waals surface area contributed by atoms with Crippen LogP contribution in [0, 0.1) is 10.1 Å². The van der Waals surface area contributed by atoms with E-state index in [0.29, 0.717) is 27.1 Å². The number of nitrogens with one attached hydrogen (secondary N) is 1. The largest absolute Gasteiger partial charge is 0.550 e. The molecule has 2 aromatic carbocycles. The van der Waals surface area contributed by atoms with Crippen LogP contribution in [-0.4, -0.2) is 15.9 Å². The number of nitrogens with zero attached hydrogens (tertiary/aromatic N) is 1. The van der Waals surface area contributed by atoms with Crippen LogP contribution in [0.1, 0.15) is 23.5 Å². The summed E-state index contributed by atoms with van der Waals surface area (Å²) in [5, 5.41) is 23.3. The van der Waals surface area contributed by atoms with Crippen LogP contribution in [0.4, 0.5) is 5.69 Å². The van der Waals surface area contributed by atoms with Crippen molar-refractivity contribution in [1.29, 1.82) is 0 Å². The van der Waals surface area contributed by atoms with Crippen molar-refractivity contribution < 1.29 is 14.8 Å². The Morgan fingerprint density at radius 1 is 1.25 bits per heavy atom. The van der Waals surface area contributed by atoms with Crippen molar-refractivity contribution in [3.63, 3.8) is 0 Å². The molecule has 0 unspecified atom stereocenters. The zero-order chi connectivity index (χ0) is 17.3. The molecule has 1 N–H and O–H groups in total. The monoisotopic (exact) mass is 343 g/mol. The Morgan fingerprint density at radius 2 is 2.04 bits per heavy atom. The smallest absolute Gasteiger partial charge is 0.270 e. The molecule has 0 aliphatic heterocycles. The Morgan fingerprint density at radius 3 is 2.71 bits per heavy atom. The van der Waals surface area contributed by atoms with Crippen molar-refractivity contribution in [2.45, 2.75) is 12.3 Å². The number of hydrogen-bond donors (Lipinski definition) is 1. The highest BCUT2D eigenvalue weighted by atomic mass is 35.5. The molecule has 0 aliphatic carbocycles. The number of carbonyl (C=O) groups is 1. The molecule has 0 radical (unpaired) electrons. The number of carboxylic acid groups (broad SMARTS) is 1. The topological polar surface area (TPSA) is 99.1 Å². The second-order valence-corrected chi connectivity index (χ2v) is 5.85. The molecule has 0 saturated heterocycles. The second kappa shape index (κ2) is 6.33. The maximum atomic E-state index is 11.2. The predicted octanol–water partition coefficient (Wildman–Crippen LogP) is 3.00. The number of aliphatic carboxylic acids is 1. The second-order valence-electron chi connectivity index (χ2n) is 5.41. The Labute approximate surface area is 141 Å². The zero-order valence-corrected chi connectivity index (χ0v) is 13.1. The molecule has 7 heteroatoms. The number of carboxylic acids is 1. The van der Waals surface area contributed by atoms with Gasteiger partial charge in [-0.15, -0.1) is 0 Å². The van der Waals surface area contributed by atoms with Crippen molar-refractivity contribution in [2.75, 3.05) is 0 Å². The van der Waals surface area contributed by atoms with Crippen LogP contribution in [0.5, 0.6) is 0 Å². The number of halogens is 1. The quantitative estimate of drug-likeness (QED) is 0.568. The van der Waals surface area contributed by atoms with Crippen molar-refractivity contribution in [3.8, 4) is 0 Å². The third kappa shape index (κ3) is 3.09. The van der Waals surface area contributed by atoms with E-state index in [1.807, 2.05) is 0 Å². The van der Waals surface area contributed by atoms with E-state index in [2.05, 4.69) is 4.98 Å². The molecule has 1 aromatic heterocycles. The third-order valence-corrected chi connectivity index (χ3v) is 4.14. The van der Waals surface area contributed by atoms with Crippen molar-refractivity contribution in [1.82, 2.24) is 4.98 Å². The summed E-state index contributed by atoms with van der Waals surface area (Å²) in [6.07, 6.45) is 1.42. The van der Waals surface area contributed by atoms with E-state index in [9.17, 15) is 20.0 Å². The Hall–Kier alpha value is -2.86. The Bertz CT molecular complexity index is 935. The summed E-state index contributed by atoms with van der Waals surface area (Å²) >= 11 is 6.01. The van der Waals surface area contributed by atoms with E-state index in [1.54, 1.807) is 36.5 Å². The van der Waals surface area contributed by atoms with Gasteiger partial charge in [0.1, 0.15) is 0 Å². The lowest BCUT2D eigenvalue weighted by atomic mass is 9.88. The molecule has 1 atom stereocenters. The summed E-state index contributed by atoms with van der Waals surface area (Å²) in [4.78, 5) is 24.8. The molecule has 0 bridgehead atoms. The first-order valence-electron chi connectivity index (χ1n) is 7.16. The first-order chi connectivity index (χ1) is 11.5. The fraction of sp³-hybridized carbons (Fsp3) is 0.118. The van der Waals surface area contributed by atoms with Gasteiger partial charge in [-0.2, -0.15) is 0 Å². The van der Waals surface area contributed by atoms with Gasteiger partial charge in [-0.1, -0.05) is 23.7 Å². The van der Waals surface area contributed by atoms with E-state index in [0.717, 1.165) is 0 Å². The first kappa shape index (κ1) is 16.0. The molecule has 0 amide bonds. The van der Waals surface area contributed by atoms with Crippen LogP contribution in [0.2, 0.25) is 5.02 Å². The minimum absolute atomic E-state index is 0.0540. The van der Waals surface area contributed by atoms with Gasteiger partial charge in [0.25, 0.3) is 5.69 Å². The van der Waals surface area contributed by atoms with E-state index < -0.39 is 16.8 Å². The average molecular weight is 344 g/mol. The molecule has 3 rings (SSSR count). The minimum atomic E-state index is -1.21. The fourth-order valence-electron chi connectivity index (χ4n) is 2.83. The highest BCUT2D eigenvalue weighted by Gasteiger charge is 2.20. The molecule has 0 fully saturated rings. The third-order valence-electron chi connectivity index (χ3n) is 3.91. The van der Waals surface area contributed by atoms with E-state index in [4.69, 9.17) is 11.6 Å². The van der Waals surface area contributed by atoms with Crippen LogP contribution in [0.15, 0.2) is 48.7 Å². The highest BCUT2D eigenvalue weighted by molar-refractivity contribution is 6.30. The number of nitro groups is 1.